The molecular weight excluding hydrogens is 294 g/mol. The third kappa shape index (κ3) is 4.58. The van der Waals surface area contributed by atoms with Gasteiger partial charge in [-0.05, 0) is 45.4 Å². The van der Waals surface area contributed by atoms with Crippen molar-refractivity contribution in [2.45, 2.75) is 25.9 Å². The van der Waals surface area contributed by atoms with Crippen LogP contribution in [-0.2, 0) is 4.79 Å². The van der Waals surface area contributed by atoms with Crippen molar-refractivity contribution in [2.75, 3.05) is 30.1 Å². The van der Waals surface area contributed by atoms with Crippen LogP contribution in [0.5, 0.6) is 0 Å². The van der Waals surface area contributed by atoms with Crippen molar-refractivity contribution in [1.82, 2.24) is 4.90 Å². The van der Waals surface area contributed by atoms with Gasteiger partial charge in [0.15, 0.2) is 0 Å². The Bertz CT molecular complexity index is 470. The predicted molar refractivity (Wildman–Crippen MR) is 89.6 cm³/mol. The molecule has 0 aliphatic heterocycles. The lowest BCUT2D eigenvalue weighted by Gasteiger charge is -2.29. The molecule has 0 saturated carbocycles. The SMILES string of the molecule is CSCC(C)N(C)C(C)C(=O)Nc1ccc(Cl)c(N)c1. The number of carbonyl (C=O) groups is 1. The van der Waals surface area contributed by atoms with E-state index in [-0.39, 0.29) is 11.9 Å². The van der Waals surface area contributed by atoms with E-state index < -0.39 is 0 Å². The highest BCUT2D eigenvalue weighted by Crippen LogP contribution is 2.22. The molecule has 0 aliphatic rings. The molecule has 20 heavy (non-hydrogen) atoms. The molecule has 4 nitrogen and oxygen atoms in total. The second-order valence-electron chi connectivity index (χ2n) is 4.87. The predicted octanol–water partition coefficient (Wildman–Crippen LogP) is 2.93. The molecule has 112 valence electrons. The zero-order chi connectivity index (χ0) is 15.3. The molecule has 1 amide bonds. The van der Waals surface area contributed by atoms with Gasteiger partial charge in [-0.1, -0.05) is 11.6 Å². The number of rotatable bonds is 6. The second kappa shape index (κ2) is 7.76. The maximum atomic E-state index is 12.2. The number of carbonyl (C=O) groups excluding carboxylic acids is 1. The van der Waals surface area contributed by atoms with Crippen LogP contribution in [0.25, 0.3) is 0 Å². The van der Waals surface area contributed by atoms with Crippen molar-refractivity contribution in [3.8, 4) is 0 Å². The highest BCUT2D eigenvalue weighted by atomic mass is 35.5. The monoisotopic (exact) mass is 315 g/mol. The van der Waals surface area contributed by atoms with E-state index in [4.69, 9.17) is 17.3 Å². The van der Waals surface area contributed by atoms with E-state index in [0.717, 1.165) is 5.75 Å². The summed E-state index contributed by atoms with van der Waals surface area (Å²) in [5.74, 6) is 0.935. The largest absolute Gasteiger partial charge is 0.397 e. The summed E-state index contributed by atoms with van der Waals surface area (Å²) in [6.07, 6.45) is 2.06. The summed E-state index contributed by atoms with van der Waals surface area (Å²) in [6, 6.07) is 5.21. The zero-order valence-electron chi connectivity index (χ0n) is 12.3. The van der Waals surface area contributed by atoms with Gasteiger partial charge in [-0.15, -0.1) is 0 Å². The molecule has 3 N–H and O–H groups in total. The van der Waals surface area contributed by atoms with E-state index in [1.54, 1.807) is 30.0 Å². The standard InChI is InChI=1S/C14H22ClN3OS/c1-9(8-20-4)18(3)10(2)14(19)17-11-5-6-12(15)13(16)7-11/h5-7,9-10H,8,16H2,1-4H3,(H,17,19). The van der Waals surface area contributed by atoms with Crippen molar-refractivity contribution in [3.63, 3.8) is 0 Å². The van der Waals surface area contributed by atoms with E-state index in [1.165, 1.54) is 0 Å². The minimum atomic E-state index is -0.214. The summed E-state index contributed by atoms with van der Waals surface area (Å²) in [6.45, 7) is 4.01. The fourth-order valence-corrected chi connectivity index (χ4v) is 2.63. The summed E-state index contributed by atoms with van der Waals surface area (Å²) < 4.78 is 0. The summed E-state index contributed by atoms with van der Waals surface area (Å²) in [7, 11) is 1.96. The van der Waals surface area contributed by atoms with Crippen molar-refractivity contribution >= 4 is 40.6 Å². The maximum Gasteiger partial charge on any atom is 0.241 e. The van der Waals surface area contributed by atoms with Gasteiger partial charge in [-0.25, -0.2) is 0 Å². The van der Waals surface area contributed by atoms with Crippen LogP contribution >= 0.6 is 23.4 Å². The highest BCUT2D eigenvalue weighted by Gasteiger charge is 2.22. The Hall–Kier alpha value is -0.910. The molecule has 0 heterocycles. The van der Waals surface area contributed by atoms with Crippen LogP contribution in [0.2, 0.25) is 5.02 Å². The first kappa shape index (κ1) is 17.1. The Labute approximate surface area is 130 Å². The van der Waals surface area contributed by atoms with Gasteiger partial charge in [0.25, 0.3) is 0 Å². The topological polar surface area (TPSA) is 58.4 Å². The molecule has 1 rings (SSSR count). The van der Waals surface area contributed by atoms with Crippen LogP contribution in [-0.4, -0.2) is 41.9 Å². The van der Waals surface area contributed by atoms with Gasteiger partial charge in [-0.2, -0.15) is 11.8 Å². The third-order valence-corrected chi connectivity index (χ3v) is 4.52. The molecule has 1 aromatic rings. The van der Waals surface area contributed by atoms with E-state index in [2.05, 4.69) is 23.4 Å². The van der Waals surface area contributed by atoms with E-state index >= 15 is 0 Å². The Kier molecular flexibility index (Phi) is 6.65. The first-order valence-corrected chi connectivity index (χ1v) is 8.20. The summed E-state index contributed by atoms with van der Waals surface area (Å²) >= 11 is 7.63. The Morgan fingerprint density at radius 2 is 2.15 bits per heavy atom. The van der Waals surface area contributed by atoms with Gasteiger partial charge < -0.3 is 11.1 Å². The van der Waals surface area contributed by atoms with Gasteiger partial charge in [0.1, 0.15) is 0 Å². The average Bonchev–Trinajstić information content (AvgIpc) is 2.41. The lowest BCUT2D eigenvalue weighted by atomic mass is 10.2. The number of nitrogens with two attached hydrogens (primary N) is 1. The molecule has 0 aromatic heterocycles. The second-order valence-corrected chi connectivity index (χ2v) is 6.19. The number of amides is 1. The van der Waals surface area contributed by atoms with Gasteiger partial charge in [-0.3, -0.25) is 9.69 Å². The number of nitrogens with one attached hydrogen (secondary N) is 1. The molecule has 0 fully saturated rings. The quantitative estimate of drug-likeness (QED) is 0.792. The summed E-state index contributed by atoms with van der Waals surface area (Å²) in [4.78, 5) is 14.3. The van der Waals surface area contributed by atoms with Crippen LogP contribution in [0.3, 0.4) is 0 Å². The number of anilines is 2. The summed E-state index contributed by atoms with van der Waals surface area (Å²) in [5, 5.41) is 3.35. The molecule has 1 aromatic carbocycles. The van der Waals surface area contributed by atoms with E-state index in [1.807, 2.05) is 14.0 Å². The van der Waals surface area contributed by atoms with Crippen molar-refractivity contribution in [3.05, 3.63) is 23.2 Å². The Morgan fingerprint density at radius 1 is 1.50 bits per heavy atom. The molecule has 2 atom stereocenters. The van der Waals surface area contributed by atoms with E-state index in [9.17, 15) is 4.79 Å². The van der Waals surface area contributed by atoms with Crippen LogP contribution < -0.4 is 11.1 Å². The first-order chi connectivity index (χ1) is 9.36. The van der Waals surface area contributed by atoms with Gasteiger partial charge >= 0.3 is 0 Å². The molecule has 0 spiro atoms. The number of hydrogen-bond donors (Lipinski definition) is 2. The lowest BCUT2D eigenvalue weighted by Crippen LogP contribution is -2.45. The smallest absolute Gasteiger partial charge is 0.241 e. The zero-order valence-corrected chi connectivity index (χ0v) is 13.9. The molecule has 0 bridgehead atoms. The van der Waals surface area contributed by atoms with Crippen LogP contribution in [0.1, 0.15) is 13.8 Å². The van der Waals surface area contributed by atoms with Crippen molar-refractivity contribution in [2.24, 2.45) is 0 Å². The summed E-state index contributed by atoms with van der Waals surface area (Å²) in [5.41, 5.74) is 6.84. The average molecular weight is 316 g/mol. The Morgan fingerprint density at radius 3 is 2.70 bits per heavy atom. The number of hydrogen-bond acceptors (Lipinski definition) is 4. The van der Waals surface area contributed by atoms with Crippen molar-refractivity contribution < 1.29 is 4.79 Å². The van der Waals surface area contributed by atoms with Crippen LogP contribution in [0.15, 0.2) is 18.2 Å². The fraction of sp³-hybridized carbons (Fsp3) is 0.500. The van der Waals surface area contributed by atoms with Crippen LogP contribution in [0.4, 0.5) is 11.4 Å². The first-order valence-electron chi connectivity index (χ1n) is 6.43. The van der Waals surface area contributed by atoms with Crippen LogP contribution in [0, 0.1) is 0 Å². The lowest BCUT2D eigenvalue weighted by molar-refractivity contribution is -0.120. The van der Waals surface area contributed by atoms with Gasteiger partial charge in [0.2, 0.25) is 5.91 Å². The highest BCUT2D eigenvalue weighted by molar-refractivity contribution is 7.98. The maximum absolute atomic E-state index is 12.2. The van der Waals surface area contributed by atoms with Gasteiger partial charge in [0.05, 0.1) is 16.8 Å². The van der Waals surface area contributed by atoms with E-state index in [0.29, 0.717) is 22.4 Å². The Balaban J connectivity index is 2.67. The number of benzene rings is 1. The number of halogens is 1. The number of likely N-dealkylation sites (N-methyl/N-ethyl adjacent to an activating group) is 1. The minimum Gasteiger partial charge on any atom is -0.397 e. The van der Waals surface area contributed by atoms with Gasteiger partial charge in [0, 0.05) is 17.5 Å². The minimum absolute atomic E-state index is 0.0535. The molecule has 2 unspecified atom stereocenters. The normalized spacial score (nSPS) is 14.1. The fourth-order valence-electron chi connectivity index (χ4n) is 1.79. The molecule has 6 heteroatoms. The third-order valence-electron chi connectivity index (χ3n) is 3.36. The molecule has 0 radical (unpaired) electrons. The molecule has 0 aliphatic carbocycles. The number of nitrogen functional groups attached to an aromatic ring is 1. The molecule has 0 saturated heterocycles. The molecular formula is C14H22ClN3OS. The number of nitrogens with zero attached hydrogens (tertiary/aromatic N) is 1. The number of thioether (sulfide) groups is 1. The van der Waals surface area contributed by atoms with Crippen molar-refractivity contribution in [1.29, 1.82) is 0 Å².